The summed E-state index contributed by atoms with van der Waals surface area (Å²) in [5, 5.41) is 0. The van der Waals surface area contributed by atoms with Crippen LogP contribution in [0, 0.1) is 0 Å². The van der Waals surface area contributed by atoms with Crippen LogP contribution in [-0.2, 0) is 7.05 Å². The summed E-state index contributed by atoms with van der Waals surface area (Å²) in [6.45, 7) is 4.05. The Kier molecular flexibility index (Phi) is 5.70. The average molecular weight is 326 g/mol. The topological polar surface area (TPSA) is 34.5 Å². The van der Waals surface area contributed by atoms with E-state index in [0.29, 0.717) is 5.92 Å². The number of para-hydroxylation sites is 1. The number of piperidine rings is 1. The molecule has 4 nitrogen and oxygen atoms in total. The van der Waals surface area contributed by atoms with Crippen LogP contribution in [0.2, 0.25) is 0 Å². The van der Waals surface area contributed by atoms with Crippen molar-refractivity contribution in [3.05, 3.63) is 64.6 Å². The largest absolute Gasteiger partial charge is 0.494 e. The van der Waals surface area contributed by atoms with Crippen LogP contribution in [0.3, 0.4) is 0 Å². The predicted molar refractivity (Wildman–Crippen MR) is 96.7 cm³/mol. The minimum Gasteiger partial charge on any atom is -0.494 e. The van der Waals surface area contributed by atoms with Crippen molar-refractivity contribution in [1.29, 1.82) is 0 Å². The van der Waals surface area contributed by atoms with E-state index in [4.69, 9.17) is 4.74 Å². The van der Waals surface area contributed by atoms with Gasteiger partial charge in [0.05, 0.1) is 6.61 Å². The third kappa shape index (κ3) is 4.48. The Morgan fingerprint density at radius 3 is 2.58 bits per heavy atom. The van der Waals surface area contributed by atoms with E-state index in [0.717, 1.165) is 51.3 Å². The molecule has 0 saturated carbocycles. The van der Waals surface area contributed by atoms with Crippen molar-refractivity contribution in [2.24, 2.45) is 7.05 Å². The van der Waals surface area contributed by atoms with Gasteiger partial charge in [0.2, 0.25) is 0 Å². The van der Waals surface area contributed by atoms with E-state index < -0.39 is 0 Å². The molecule has 0 bridgehead atoms. The summed E-state index contributed by atoms with van der Waals surface area (Å²) < 4.78 is 7.38. The molecule has 1 saturated heterocycles. The number of rotatable bonds is 6. The summed E-state index contributed by atoms with van der Waals surface area (Å²) in [6.07, 6.45) is 5.19. The number of aryl methyl sites for hydroxylation is 1. The molecule has 2 heterocycles. The van der Waals surface area contributed by atoms with E-state index in [1.807, 2.05) is 36.5 Å². The second kappa shape index (κ2) is 8.15. The summed E-state index contributed by atoms with van der Waals surface area (Å²) in [7, 11) is 1.80. The summed E-state index contributed by atoms with van der Waals surface area (Å²) in [6, 6.07) is 13.9. The molecule has 1 aliphatic heterocycles. The molecule has 0 aliphatic carbocycles. The van der Waals surface area contributed by atoms with E-state index in [1.54, 1.807) is 17.7 Å². The monoisotopic (exact) mass is 326 g/mol. The van der Waals surface area contributed by atoms with Gasteiger partial charge >= 0.3 is 0 Å². The highest BCUT2D eigenvalue weighted by atomic mass is 16.5. The van der Waals surface area contributed by atoms with Gasteiger partial charge in [-0.15, -0.1) is 0 Å². The fraction of sp³-hybridized carbons (Fsp3) is 0.450. The summed E-state index contributed by atoms with van der Waals surface area (Å²) in [5.74, 6) is 1.47. The lowest BCUT2D eigenvalue weighted by Crippen LogP contribution is -2.34. The van der Waals surface area contributed by atoms with E-state index in [-0.39, 0.29) is 5.56 Å². The lowest BCUT2D eigenvalue weighted by molar-refractivity contribution is 0.193. The Morgan fingerprint density at radius 2 is 1.88 bits per heavy atom. The number of pyridine rings is 1. The molecule has 0 radical (unpaired) electrons. The smallest absolute Gasteiger partial charge is 0.250 e. The highest BCUT2D eigenvalue weighted by Gasteiger charge is 2.20. The summed E-state index contributed by atoms with van der Waals surface area (Å²) >= 11 is 0. The van der Waals surface area contributed by atoms with Crippen molar-refractivity contribution in [2.45, 2.75) is 25.2 Å². The van der Waals surface area contributed by atoms with E-state index in [1.165, 1.54) is 5.56 Å². The highest BCUT2D eigenvalue weighted by molar-refractivity contribution is 5.20. The Balaban J connectivity index is 1.39. The van der Waals surface area contributed by atoms with Gasteiger partial charge in [-0.3, -0.25) is 4.79 Å². The number of benzene rings is 1. The third-order valence-corrected chi connectivity index (χ3v) is 4.82. The van der Waals surface area contributed by atoms with Gasteiger partial charge < -0.3 is 14.2 Å². The quantitative estimate of drug-likeness (QED) is 0.765. The molecule has 1 aromatic heterocycles. The second-order valence-corrected chi connectivity index (χ2v) is 6.54. The molecule has 24 heavy (non-hydrogen) atoms. The number of hydrogen-bond donors (Lipinski definition) is 0. The molecule has 1 aliphatic rings. The maximum absolute atomic E-state index is 11.8. The predicted octanol–water partition coefficient (Wildman–Crippen LogP) is 3.03. The van der Waals surface area contributed by atoms with Crippen LogP contribution in [0.25, 0.3) is 0 Å². The molecule has 0 N–H and O–H groups in total. The van der Waals surface area contributed by atoms with Crippen molar-refractivity contribution < 1.29 is 4.74 Å². The lowest BCUT2D eigenvalue weighted by atomic mass is 9.90. The highest BCUT2D eigenvalue weighted by Crippen LogP contribution is 2.27. The normalized spacial score (nSPS) is 16.2. The molecule has 128 valence electrons. The first-order chi connectivity index (χ1) is 11.7. The van der Waals surface area contributed by atoms with Crippen LogP contribution in [0.15, 0.2) is 53.5 Å². The van der Waals surface area contributed by atoms with Crippen molar-refractivity contribution in [2.75, 3.05) is 26.2 Å². The van der Waals surface area contributed by atoms with Crippen molar-refractivity contribution in [3.8, 4) is 5.75 Å². The van der Waals surface area contributed by atoms with Crippen molar-refractivity contribution in [3.63, 3.8) is 0 Å². The number of aromatic nitrogens is 1. The van der Waals surface area contributed by atoms with Gasteiger partial charge in [-0.2, -0.15) is 0 Å². The lowest BCUT2D eigenvalue weighted by Gasteiger charge is -2.32. The first kappa shape index (κ1) is 16.8. The molecular weight excluding hydrogens is 300 g/mol. The number of ether oxygens (including phenoxy) is 1. The Hall–Kier alpha value is -2.07. The molecular formula is C20H26N2O2. The van der Waals surface area contributed by atoms with Gasteiger partial charge in [0.25, 0.3) is 5.56 Å². The van der Waals surface area contributed by atoms with Crippen LogP contribution in [0.5, 0.6) is 5.75 Å². The van der Waals surface area contributed by atoms with E-state index in [2.05, 4.69) is 11.0 Å². The zero-order chi connectivity index (χ0) is 16.8. The molecule has 0 amide bonds. The fourth-order valence-corrected chi connectivity index (χ4v) is 3.30. The van der Waals surface area contributed by atoms with Crippen LogP contribution in [0.4, 0.5) is 0 Å². The number of likely N-dealkylation sites (tertiary alicyclic amines) is 1. The SMILES string of the molecule is Cn1ccc(C2CCN(CCCOc3ccccc3)CC2)cc1=O. The molecule has 0 spiro atoms. The minimum atomic E-state index is 0.0907. The fourth-order valence-electron chi connectivity index (χ4n) is 3.30. The Bertz CT molecular complexity index is 688. The van der Waals surface area contributed by atoms with Gasteiger partial charge in [0.1, 0.15) is 5.75 Å². The zero-order valence-electron chi connectivity index (χ0n) is 14.4. The van der Waals surface area contributed by atoms with E-state index >= 15 is 0 Å². The molecule has 4 heteroatoms. The Labute approximate surface area is 143 Å². The maximum Gasteiger partial charge on any atom is 0.250 e. The molecule has 2 aromatic rings. The van der Waals surface area contributed by atoms with Crippen LogP contribution in [0.1, 0.15) is 30.7 Å². The molecule has 0 unspecified atom stereocenters. The van der Waals surface area contributed by atoms with Crippen LogP contribution < -0.4 is 10.3 Å². The van der Waals surface area contributed by atoms with Crippen LogP contribution >= 0.6 is 0 Å². The van der Waals surface area contributed by atoms with Gasteiger partial charge in [0.15, 0.2) is 0 Å². The average Bonchev–Trinajstić information content (AvgIpc) is 2.62. The van der Waals surface area contributed by atoms with Crippen molar-refractivity contribution in [1.82, 2.24) is 9.47 Å². The molecule has 1 aromatic carbocycles. The van der Waals surface area contributed by atoms with Crippen molar-refractivity contribution >= 4 is 0 Å². The van der Waals surface area contributed by atoms with Crippen LogP contribution in [-0.4, -0.2) is 35.7 Å². The number of nitrogens with zero attached hydrogens (tertiary/aromatic N) is 2. The third-order valence-electron chi connectivity index (χ3n) is 4.82. The second-order valence-electron chi connectivity index (χ2n) is 6.54. The van der Waals surface area contributed by atoms with E-state index in [9.17, 15) is 4.79 Å². The maximum atomic E-state index is 11.8. The standard InChI is InChI=1S/C20H26N2O2/c1-21-12-8-18(16-20(21)23)17-9-13-22(14-10-17)11-5-15-24-19-6-3-2-4-7-19/h2-4,6-8,12,16-17H,5,9-11,13-15H2,1H3. The van der Waals surface area contributed by atoms with Gasteiger partial charge in [-0.25, -0.2) is 0 Å². The summed E-state index contributed by atoms with van der Waals surface area (Å²) in [5.41, 5.74) is 1.29. The van der Waals surface area contributed by atoms with Gasteiger partial charge in [-0.05, 0) is 62.0 Å². The van der Waals surface area contributed by atoms with Gasteiger partial charge in [0, 0.05) is 25.9 Å². The summed E-state index contributed by atoms with van der Waals surface area (Å²) in [4.78, 5) is 14.3. The molecule has 3 rings (SSSR count). The first-order valence-corrected chi connectivity index (χ1v) is 8.79. The zero-order valence-corrected chi connectivity index (χ0v) is 14.4. The molecule has 0 atom stereocenters. The van der Waals surface area contributed by atoms with Gasteiger partial charge in [-0.1, -0.05) is 18.2 Å². The Morgan fingerprint density at radius 1 is 1.12 bits per heavy atom. The number of hydrogen-bond acceptors (Lipinski definition) is 3. The first-order valence-electron chi connectivity index (χ1n) is 8.79. The minimum absolute atomic E-state index is 0.0907. The molecule has 1 fully saturated rings.